The first-order chi connectivity index (χ1) is 15.6. The number of hydrogen-bond acceptors (Lipinski definition) is 6. The van der Waals surface area contributed by atoms with Crippen molar-refractivity contribution in [1.29, 1.82) is 0 Å². The molecule has 1 N–H and O–H groups in total. The molecule has 0 aliphatic carbocycles. The van der Waals surface area contributed by atoms with E-state index in [9.17, 15) is 14.7 Å². The van der Waals surface area contributed by atoms with E-state index < -0.39 is 17.7 Å². The summed E-state index contributed by atoms with van der Waals surface area (Å²) < 4.78 is 10.8. The average Bonchev–Trinajstić information content (AvgIpc) is 3.09. The Labute approximate surface area is 185 Å². The number of carbonyl (C=O) groups excluding carboxylic acids is 2. The summed E-state index contributed by atoms with van der Waals surface area (Å²) >= 11 is 0. The van der Waals surface area contributed by atoms with Crippen LogP contribution in [0.25, 0.3) is 5.76 Å². The Balaban J connectivity index is 1.88. The number of pyridine rings is 1. The third kappa shape index (κ3) is 3.69. The summed E-state index contributed by atoms with van der Waals surface area (Å²) in [6, 6.07) is 16.8. The molecule has 1 aliphatic heterocycles. The van der Waals surface area contributed by atoms with Crippen LogP contribution in [0.2, 0.25) is 0 Å². The standard InChI is InChI=1S/C25H22N2O5/c1-31-19-11-5-3-8-17(19)15-27-22(16-9-7-13-26-14-16)21(24(29)25(27)30)23(28)18-10-4-6-12-20(18)32-2/h3-14,22,28H,15H2,1-2H3/b23-21-. The number of para-hydroxylation sites is 2. The van der Waals surface area contributed by atoms with Gasteiger partial charge in [-0.1, -0.05) is 36.4 Å². The van der Waals surface area contributed by atoms with Crippen molar-refractivity contribution in [2.75, 3.05) is 14.2 Å². The lowest BCUT2D eigenvalue weighted by atomic mass is 9.96. The van der Waals surface area contributed by atoms with Crippen LogP contribution in [0.4, 0.5) is 0 Å². The quantitative estimate of drug-likeness (QED) is 0.364. The molecule has 32 heavy (non-hydrogen) atoms. The molecule has 1 saturated heterocycles. The minimum atomic E-state index is -0.821. The van der Waals surface area contributed by atoms with Gasteiger partial charge < -0.3 is 19.5 Å². The molecule has 1 atom stereocenters. The minimum Gasteiger partial charge on any atom is -0.507 e. The monoisotopic (exact) mass is 430 g/mol. The highest BCUT2D eigenvalue weighted by atomic mass is 16.5. The van der Waals surface area contributed by atoms with Crippen molar-refractivity contribution >= 4 is 17.4 Å². The number of methoxy groups -OCH3 is 2. The van der Waals surface area contributed by atoms with Gasteiger partial charge in [0.05, 0.1) is 37.9 Å². The van der Waals surface area contributed by atoms with E-state index in [0.717, 1.165) is 5.56 Å². The second kappa shape index (κ2) is 8.93. The highest BCUT2D eigenvalue weighted by molar-refractivity contribution is 6.46. The molecule has 4 rings (SSSR count). The Kier molecular flexibility index (Phi) is 5.89. The van der Waals surface area contributed by atoms with Crippen molar-refractivity contribution in [1.82, 2.24) is 9.88 Å². The van der Waals surface area contributed by atoms with Gasteiger partial charge in [-0.05, 0) is 29.8 Å². The lowest BCUT2D eigenvalue weighted by Crippen LogP contribution is -2.29. The van der Waals surface area contributed by atoms with Gasteiger partial charge in [-0.15, -0.1) is 0 Å². The summed E-state index contributed by atoms with van der Waals surface area (Å²) in [6.45, 7) is 0.122. The molecule has 162 valence electrons. The summed E-state index contributed by atoms with van der Waals surface area (Å²) in [4.78, 5) is 31.9. The number of hydrogen-bond donors (Lipinski definition) is 1. The van der Waals surface area contributed by atoms with Crippen LogP contribution in [0.3, 0.4) is 0 Å². The molecule has 7 nitrogen and oxygen atoms in total. The molecular formula is C25H22N2O5. The van der Waals surface area contributed by atoms with Gasteiger partial charge in [-0.2, -0.15) is 0 Å². The van der Waals surface area contributed by atoms with Crippen molar-refractivity contribution < 1.29 is 24.2 Å². The molecule has 1 unspecified atom stereocenters. The predicted octanol–water partition coefficient (Wildman–Crippen LogP) is 3.72. The van der Waals surface area contributed by atoms with Crippen LogP contribution >= 0.6 is 0 Å². The molecule has 0 bridgehead atoms. The Morgan fingerprint density at radius 1 is 0.969 bits per heavy atom. The summed E-state index contributed by atoms with van der Waals surface area (Å²) in [7, 11) is 3.03. The number of nitrogens with zero attached hydrogens (tertiary/aromatic N) is 2. The van der Waals surface area contributed by atoms with Gasteiger partial charge in [-0.25, -0.2) is 0 Å². The van der Waals surface area contributed by atoms with Crippen LogP contribution in [0.5, 0.6) is 11.5 Å². The first kappa shape index (κ1) is 21.1. The van der Waals surface area contributed by atoms with Gasteiger partial charge >= 0.3 is 0 Å². The van der Waals surface area contributed by atoms with E-state index in [-0.39, 0.29) is 17.9 Å². The molecule has 1 fully saturated rings. The molecule has 3 aromatic rings. The molecule has 2 aromatic carbocycles. The number of aromatic nitrogens is 1. The van der Waals surface area contributed by atoms with E-state index in [1.807, 2.05) is 18.2 Å². The number of Topliss-reactive ketones (excluding diaryl/α,β-unsaturated/α-hetero) is 1. The molecule has 0 radical (unpaired) electrons. The highest BCUT2D eigenvalue weighted by Gasteiger charge is 2.46. The number of carbonyl (C=O) groups is 2. The normalized spacial score (nSPS) is 17.4. The van der Waals surface area contributed by atoms with Crippen molar-refractivity contribution in [2.45, 2.75) is 12.6 Å². The summed E-state index contributed by atoms with van der Waals surface area (Å²) in [5.74, 6) is -0.773. The fraction of sp³-hybridized carbons (Fsp3) is 0.160. The number of benzene rings is 2. The fourth-order valence-electron chi connectivity index (χ4n) is 3.93. The maximum Gasteiger partial charge on any atom is 0.295 e. The van der Waals surface area contributed by atoms with E-state index in [4.69, 9.17) is 9.47 Å². The second-order valence-electron chi connectivity index (χ2n) is 7.23. The van der Waals surface area contributed by atoms with Gasteiger partial charge in [-0.3, -0.25) is 14.6 Å². The van der Waals surface area contributed by atoms with E-state index in [2.05, 4.69) is 4.98 Å². The number of ether oxygens (including phenoxy) is 2. The molecule has 0 saturated carbocycles. The zero-order valence-corrected chi connectivity index (χ0v) is 17.7. The van der Waals surface area contributed by atoms with Crippen molar-refractivity contribution in [3.63, 3.8) is 0 Å². The fourth-order valence-corrected chi connectivity index (χ4v) is 3.93. The predicted molar refractivity (Wildman–Crippen MR) is 118 cm³/mol. The molecule has 1 aliphatic rings. The first-order valence-corrected chi connectivity index (χ1v) is 10.0. The lowest BCUT2D eigenvalue weighted by Gasteiger charge is -2.26. The van der Waals surface area contributed by atoms with Crippen LogP contribution in [-0.2, 0) is 16.1 Å². The Morgan fingerprint density at radius 3 is 2.34 bits per heavy atom. The third-order valence-corrected chi connectivity index (χ3v) is 5.44. The topological polar surface area (TPSA) is 89.0 Å². The van der Waals surface area contributed by atoms with E-state index in [0.29, 0.717) is 22.6 Å². The maximum absolute atomic E-state index is 13.2. The minimum absolute atomic E-state index is 0.0117. The Morgan fingerprint density at radius 2 is 1.66 bits per heavy atom. The van der Waals surface area contributed by atoms with E-state index in [1.54, 1.807) is 62.0 Å². The number of aliphatic hydroxyl groups excluding tert-OH is 1. The SMILES string of the molecule is COc1ccccc1CN1C(=O)C(=O)/C(=C(\O)c2ccccc2OC)C1c1cccnc1. The van der Waals surface area contributed by atoms with Crippen molar-refractivity contribution in [3.8, 4) is 11.5 Å². The smallest absolute Gasteiger partial charge is 0.295 e. The molecule has 0 spiro atoms. The van der Waals surface area contributed by atoms with E-state index in [1.165, 1.54) is 12.0 Å². The Bertz CT molecular complexity index is 1190. The van der Waals surface area contributed by atoms with Crippen molar-refractivity contribution in [3.05, 3.63) is 95.3 Å². The number of ketones is 1. The van der Waals surface area contributed by atoms with Crippen LogP contribution < -0.4 is 9.47 Å². The summed E-state index contributed by atoms with van der Waals surface area (Å²) in [6.07, 6.45) is 3.19. The lowest BCUT2D eigenvalue weighted by molar-refractivity contribution is -0.140. The first-order valence-electron chi connectivity index (χ1n) is 10.0. The number of amides is 1. The van der Waals surface area contributed by atoms with Gasteiger partial charge in [0.1, 0.15) is 17.3 Å². The van der Waals surface area contributed by atoms with Crippen LogP contribution in [0.15, 0.2) is 78.6 Å². The molecule has 2 heterocycles. The van der Waals surface area contributed by atoms with E-state index >= 15 is 0 Å². The number of likely N-dealkylation sites (tertiary alicyclic amines) is 1. The molecule has 1 aromatic heterocycles. The highest BCUT2D eigenvalue weighted by Crippen LogP contribution is 2.41. The number of rotatable bonds is 6. The maximum atomic E-state index is 13.2. The van der Waals surface area contributed by atoms with Crippen LogP contribution in [0.1, 0.15) is 22.7 Å². The summed E-state index contributed by atoms with van der Waals surface area (Å²) in [5.41, 5.74) is 1.67. The van der Waals surface area contributed by atoms with Crippen molar-refractivity contribution in [2.24, 2.45) is 0 Å². The average molecular weight is 430 g/mol. The van der Waals surface area contributed by atoms with Crippen LogP contribution in [0, 0.1) is 0 Å². The molecule has 7 heteroatoms. The zero-order valence-electron chi connectivity index (χ0n) is 17.7. The largest absolute Gasteiger partial charge is 0.507 e. The van der Waals surface area contributed by atoms with Gasteiger partial charge in [0, 0.05) is 18.0 Å². The Hall–Kier alpha value is -4.13. The van der Waals surface area contributed by atoms with Gasteiger partial charge in [0.25, 0.3) is 11.7 Å². The second-order valence-corrected chi connectivity index (χ2v) is 7.23. The van der Waals surface area contributed by atoms with Gasteiger partial charge in [0.2, 0.25) is 0 Å². The third-order valence-electron chi connectivity index (χ3n) is 5.44. The summed E-state index contributed by atoms with van der Waals surface area (Å²) in [5, 5.41) is 11.2. The molecular weight excluding hydrogens is 408 g/mol. The number of aliphatic hydroxyl groups is 1. The zero-order chi connectivity index (χ0) is 22.7. The molecule has 1 amide bonds. The van der Waals surface area contributed by atoms with Gasteiger partial charge in [0.15, 0.2) is 0 Å². The van der Waals surface area contributed by atoms with Crippen LogP contribution in [-0.4, -0.2) is 40.9 Å².